The minimum atomic E-state index is -0.0544. The molecule has 0 saturated heterocycles. The lowest BCUT2D eigenvalue weighted by Gasteiger charge is -2.28. The summed E-state index contributed by atoms with van der Waals surface area (Å²) in [5, 5.41) is 2.05. The van der Waals surface area contributed by atoms with Crippen LogP contribution in [-0.4, -0.2) is 69.2 Å². The van der Waals surface area contributed by atoms with Gasteiger partial charge in [0, 0.05) is 31.5 Å². The number of nitrogens with zero attached hydrogens (tertiary/aromatic N) is 2. The van der Waals surface area contributed by atoms with Crippen molar-refractivity contribution in [2.24, 2.45) is 0 Å². The fraction of sp³-hybridized carbons (Fsp3) is 0.571. The first-order valence-electron chi connectivity index (χ1n) is 12.7. The molecular weight excluding hydrogens is 476 g/mol. The third-order valence-corrected chi connectivity index (χ3v) is 7.27. The summed E-state index contributed by atoms with van der Waals surface area (Å²) in [5.41, 5.74) is 2.23. The van der Waals surface area contributed by atoms with E-state index < -0.39 is 0 Å². The monoisotopic (exact) mass is 518 g/mol. The number of benzene rings is 1. The van der Waals surface area contributed by atoms with E-state index in [0.717, 1.165) is 36.1 Å². The molecule has 2 rings (SSSR count). The highest BCUT2D eigenvalue weighted by Crippen LogP contribution is 2.28. The van der Waals surface area contributed by atoms with Gasteiger partial charge in [-0.3, -0.25) is 9.59 Å². The zero-order valence-corrected chi connectivity index (χ0v) is 23.3. The Morgan fingerprint density at radius 2 is 1.69 bits per heavy atom. The summed E-state index contributed by atoms with van der Waals surface area (Å²) >= 11 is 1.65. The van der Waals surface area contributed by atoms with Gasteiger partial charge < -0.3 is 24.0 Å². The average molecular weight is 519 g/mol. The molecule has 2 amide bonds. The standard InChI is InChI=1S/C28H42N2O5S/c1-6-7-8-9-10-27(31)30(16-17-33-3)21-28(32)29(20-26-22(2)14-18-36-26)15-13-23-11-12-24(34-4)25(19-23)35-5/h11-12,14,18-19H,6-10,13,15-17,20-21H2,1-5H3. The minimum absolute atomic E-state index is 0.0173. The summed E-state index contributed by atoms with van der Waals surface area (Å²) in [6.45, 7) is 6.16. The minimum Gasteiger partial charge on any atom is -0.493 e. The fourth-order valence-electron chi connectivity index (χ4n) is 3.95. The van der Waals surface area contributed by atoms with Gasteiger partial charge >= 0.3 is 0 Å². The number of thiophene rings is 1. The molecule has 0 spiro atoms. The third-order valence-electron chi connectivity index (χ3n) is 6.26. The van der Waals surface area contributed by atoms with E-state index in [2.05, 4.69) is 19.9 Å². The smallest absolute Gasteiger partial charge is 0.242 e. The van der Waals surface area contributed by atoms with Gasteiger partial charge in [-0.15, -0.1) is 11.3 Å². The lowest BCUT2D eigenvalue weighted by Crippen LogP contribution is -2.44. The number of hydrogen-bond acceptors (Lipinski definition) is 6. The third kappa shape index (κ3) is 9.47. The van der Waals surface area contributed by atoms with Crippen LogP contribution in [0.1, 0.15) is 55.0 Å². The molecule has 1 aromatic carbocycles. The second-order valence-corrected chi connectivity index (χ2v) is 9.90. The lowest BCUT2D eigenvalue weighted by atomic mass is 10.1. The summed E-state index contributed by atoms with van der Waals surface area (Å²) < 4.78 is 16.0. The van der Waals surface area contributed by atoms with Crippen LogP contribution in [0.15, 0.2) is 29.6 Å². The lowest BCUT2D eigenvalue weighted by molar-refractivity contribution is -0.141. The molecule has 0 fully saturated rings. The number of carbonyl (C=O) groups excluding carboxylic acids is 2. The molecule has 1 heterocycles. The van der Waals surface area contributed by atoms with Crippen molar-refractivity contribution in [2.75, 3.05) is 47.6 Å². The van der Waals surface area contributed by atoms with E-state index in [9.17, 15) is 9.59 Å². The average Bonchev–Trinajstić information content (AvgIpc) is 3.30. The van der Waals surface area contributed by atoms with Crippen LogP contribution >= 0.6 is 11.3 Å². The highest BCUT2D eigenvalue weighted by atomic mass is 32.1. The Hall–Kier alpha value is -2.58. The number of amides is 2. The molecular formula is C28H42N2O5S. The molecule has 0 saturated carbocycles. The Morgan fingerprint density at radius 1 is 0.917 bits per heavy atom. The van der Waals surface area contributed by atoms with Crippen LogP contribution in [-0.2, 0) is 27.3 Å². The summed E-state index contributed by atoms with van der Waals surface area (Å²) in [6, 6.07) is 7.89. The topological polar surface area (TPSA) is 68.3 Å². The van der Waals surface area contributed by atoms with Crippen molar-refractivity contribution in [1.29, 1.82) is 0 Å². The van der Waals surface area contributed by atoms with Crippen LogP contribution in [0, 0.1) is 6.92 Å². The summed E-state index contributed by atoms with van der Waals surface area (Å²) in [4.78, 5) is 31.1. The first kappa shape index (κ1) is 29.6. The zero-order valence-electron chi connectivity index (χ0n) is 22.5. The SMILES string of the molecule is CCCCCCC(=O)N(CCOC)CC(=O)N(CCc1ccc(OC)c(OC)c1)Cc1sccc1C. The van der Waals surface area contributed by atoms with Crippen LogP contribution in [0.25, 0.3) is 0 Å². The van der Waals surface area contributed by atoms with Crippen LogP contribution < -0.4 is 9.47 Å². The Kier molecular flexibility index (Phi) is 13.4. The Bertz CT molecular complexity index is 946. The quantitative estimate of drug-likeness (QED) is 0.273. The Labute approximate surface area is 220 Å². The van der Waals surface area contributed by atoms with Gasteiger partial charge in [0.15, 0.2) is 11.5 Å². The van der Waals surface area contributed by atoms with E-state index in [1.54, 1.807) is 37.6 Å². The summed E-state index contributed by atoms with van der Waals surface area (Å²) in [6.07, 6.45) is 5.25. The second-order valence-electron chi connectivity index (χ2n) is 8.90. The number of methoxy groups -OCH3 is 3. The van der Waals surface area contributed by atoms with E-state index in [1.807, 2.05) is 28.5 Å². The van der Waals surface area contributed by atoms with Crippen molar-refractivity contribution < 1.29 is 23.8 Å². The maximum absolute atomic E-state index is 13.5. The highest BCUT2D eigenvalue weighted by molar-refractivity contribution is 7.10. The highest BCUT2D eigenvalue weighted by Gasteiger charge is 2.22. The Balaban J connectivity index is 2.13. The fourth-order valence-corrected chi connectivity index (χ4v) is 4.87. The number of unbranched alkanes of at least 4 members (excludes halogenated alkanes) is 3. The van der Waals surface area contributed by atoms with Crippen LogP contribution in [0.3, 0.4) is 0 Å². The number of hydrogen-bond donors (Lipinski definition) is 0. The predicted molar refractivity (Wildman–Crippen MR) is 145 cm³/mol. The van der Waals surface area contributed by atoms with Gasteiger partial charge in [-0.1, -0.05) is 32.3 Å². The van der Waals surface area contributed by atoms with Gasteiger partial charge in [-0.2, -0.15) is 0 Å². The Morgan fingerprint density at radius 3 is 2.33 bits per heavy atom. The molecule has 0 atom stereocenters. The normalized spacial score (nSPS) is 10.8. The first-order chi connectivity index (χ1) is 17.4. The van der Waals surface area contributed by atoms with Crippen molar-refractivity contribution in [3.63, 3.8) is 0 Å². The van der Waals surface area contributed by atoms with Crippen molar-refractivity contribution in [3.8, 4) is 11.5 Å². The molecule has 0 aliphatic heterocycles. The molecule has 1 aromatic heterocycles. The van der Waals surface area contributed by atoms with Crippen molar-refractivity contribution in [2.45, 2.75) is 58.9 Å². The molecule has 0 aliphatic rings. The number of rotatable bonds is 17. The first-order valence-corrected chi connectivity index (χ1v) is 13.6. The molecule has 7 nitrogen and oxygen atoms in total. The van der Waals surface area contributed by atoms with Crippen LogP contribution in [0.5, 0.6) is 11.5 Å². The van der Waals surface area contributed by atoms with E-state index in [1.165, 1.54) is 5.56 Å². The van der Waals surface area contributed by atoms with Gasteiger partial charge in [-0.05, 0) is 54.5 Å². The maximum Gasteiger partial charge on any atom is 0.242 e. The summed E-state index contributed by atoms with van der Waals surface area (Å²) in [7, 11) is 4.84. The molecule has 8 heteroatoms. The molecule has 0 bridgehead atoms. The van der Waals surface area contributed by atoms with Crippen molar-refractivity contribution in [3.05, 3.63) is 45.6 Å². The van der Waals surface area contributed by atoms with Crippen LogP contribution in [0.2, 0.25) is 0 Å². The van der Waals surface area contributed by atoms with Gasteiger partial charge in [0.2, 0.25) is 11.8 Å². The van der Waals surface area contributed by atoms with Crippen LogP contribution in [0.4, 0.5) is 0 Å². The molecule has 0 radical (unpaired) electrons. The molecule has 0 aliphatic carbocycles. The predicted octanol–water partition coefficient (Wildman–Crippen LogP) is 5.09. The van der Waals surface area contributed by atoms with E-state index >= 15 is 0 Å². The van der Waals surface area contributed by atoms with Crippen molar-refractivity contribution in [1.82, 2.24) is 9.80 Å². The molecule has 200 valence electrons. The van der Waals surface area contributed by atoms with E-state index in [0.29, 0.717) is 50.6 Å². The molecule has 36 heavy (non-hydrogen) atoms. The van der Waals surface area contributed by atoms with E-state index in [4.69, 9.17) is 14.2 Å². The number of ether oxygens (including phenoxy) is 3. The molecule has 2 aromatic rings. The van der Waals surface area contributed by atoms with Crippen molar-refractivity contribution >= 4 is 23.2 Å². The number of aryl methyl sites for hydroxylation is 1. The van der Waals surface area contributed by atoms with Gasteiger partial charge in [0.25, 0.3) is 0 Å². The second kappa shape index (κ2) is 16.2. The molecule has 0 unspecified atom stereocenters. The van der Waals surface area contributed by atoms with Gasteiger partial charge in [0.1, 0.15) is 0 Å². The zero-order chi connectivity index (χ0) is 26.3. The molecule has 0 N–H and O–H groups in total. The largest absolute Gasteiger partial charge is 0.493 e. The maximum atomic E-state index is 13.5. The number of carbonyl (C=O) groups is 2. The summed E-state index contributed by atoms with van der Waals surface area (Å²) in [5.74, 6) is 1.31. The van der Waals surface area contributed by atoms with Gasteiger partial charge in [0.05, 0.1) is 33.9 Å². The van der Waals surface area contributed by atoms with Gasteiger partial charge in [-0.25, -0.2) is 0 Å². The van der Waals surface area contributed by atoms with E-state index in [-0.39, 0.29) is 18.4 Å².